The summed E-state index contributed by atoms with van der Waals surface area (Å²) < 4.78 is 0. The number of rotatable bonds is 3. The van der Waals surface area contributed by atoms with Crippen LogP contribution in [0.15, 0.2) is 42.5 Å². The summed E-state index contributed by atoms with van der Waals surface area (Å²) in [6.45, 7) is 0. The number of hydrogen-bond acceptors (Lipinski definition) is 3. The highest BCUT2D eigenvalue weighted by molar-refractivity contribution is 6.30. The number of carbonyl (C=O) groups excluding carboxylic acids is 1. The number of benzene rings is 2. The van der Waals surface area contributed by atoms with Gasteiger partial charge in [-0.15, -0.1) is 0 Å². The highest BCUT2D eigenvalue weighted by Gasteiger charge is 2.24. The number of carbonyl (C=O) groups is 1. The first-order valence-electron chi connectivity index (χ1n) is 7.57. The van der Waals surface area contributed by atoms with Gasteiger partial charge < -0.3 is 15.5 Å². The van der Waals surface area contributed by atoms with E-state index in [1.807, 2.05) is 6.07 Å². The van der Waals surface area contributed by atoms with E-state index in [4.69, 9.17) is 11.6 Å². The molecule has 3 N–H and O–H groups in total. The zero-order valence-electron chi connectivity index (χ0n) is 12.5. The van der Waals surface area contributed by atoms with Crippen LogP contribution in [0.1, 0.15) is 29.2 Å². The average Bonchev–Trinajstić information content (AvgIpc) is 2.53. The van der Waals surface area contributed by atoms with Gasteiger partial charge in [0.2, 0.25) is 0 Å². The van der Waals surface area contributed by atoms with Crippen molar-refractivity contribution in [2.45, 2.75) is 31.4 Å². The van der Waals surface area contributed by atoms with Crippen molar-refractivity contribution < 1.29 is 15.0 Å². The van der Waals surface area contributed by atoms with Crippen LogP contribution >= 0.6 is 11.6 Å². The second-order valence-corrected chi connectivity index (χ2v) is 6.30. The van der Waals surface area contributed by atoms with Gasteiger partial charge in [0.05, 0.1) is 0 Å². The number of nitrogens with one attached hydrogen (secondary N) is 1. The van der Waals surface area contributed by atoms with E-state index in [9.17, 15) is 15.0 Å². The van der Waals surface area contributed by atoms with E-state index < -0.39 is 12.0 Å². The molecule has 0 bridgehead atoms. The van der Waals surface area contributed by atoms with E-state index in [0.29, 0.717) is 17.0 Å². The number of aryl methyl sites for hydroxylation is 1. The lowest BCUT2D eigenvalue weighted by Crippen LogP contribution is -2.41. The molecule has 0 saturated heterocycles. The minimum atomic E-state index is -1.24. The Morgan fingerprint density at radius 1 is 1.22 bits per heavy atom. The Bertz CT molecular complexity index is 732. The monoisotopic (exact) mass is 331 g/mol. The molecule has 2 aromatic rings. The van der Waals surface area contributed by atoms with Gasteiger partial charge in [0, 0.05) is 11.1 Å². The largest absolute Gasteiger partial charge is 0.508 e. The molecule has 5 heteroatoms. The molecule has 1 unspecified atom stereocenters. The first kappa shape index (κ1) is 15.8. The van der Waals surface area contributed by atoms with Crippen LogP contribution in [0.2, 0.25) is 5.02 Å². The number of phenols is 1. The SMILES string of the molecule is O=C(N[C@H]1CCc2ccc(O)cc2C1)C(O)c1cccc(Cl)c1. The molecule has 0 fully saturated rings. The molecule has 1 aliphatic carbocycles. The fourth-order valence-electron chi connectivity index (χ4n) is 2.97. The van der Waals surface area contributed by atoms with Crippen molar-refractivity contribution in [2.24, 2.45) is 0 Å². The number of hydrogen-bond donors (Lipinski definition) is 3. The fourth-order valence-corrected chi connectivity index (χ4v) is 3.17. The highest BCUT2D eigenvalue weighted by atomic mass is 35.5. The topological polar surface area (TPSA) is 69.6 Å². The zero-order chi connectivity index (χ0) is 16.4. The first-order chi connectivity index (χ1) is 11.0. The molecule has 0 saturated carbocycles. The number of aromatic hydroxyl groups is 1. The third-order valence-corrected chi connectivity index (χ3v) is 4.41. The van der Waals surface area contributed by atoms with Crippen molar-refractivity contribution in [2.75, 3.05) is 0 Å². The third kappa shape index (κ3) is 3.66. The lowest BCUT2D eigenvalue weighted by molar-refractivity contribution is -0.130. The summed E-state index contributed by atoms with van der Waals surface area (Å²) >= 11 is 5.89. The minimum Gasteiger partial charge on any atom is -0.508 e. The summed E-state index contributed by atoms with van der Waals surface area (Å²) in [4.78, 5) is 12.2. The quantitative estimate of drug-likeness (QED) is 0.810. The Kier molecular flexibility index (Phi) is 4.55. The Morgan fingerprint density at radius 2 is 2.04 bits per heavy atom. The molecule has 0 heterocycles. The number of halogens is 1. The lowest BCUT2D eigenvalue weighted by atomic mass is 9.88. The van der Waals surface area contributed by atoms with Crippen molar-refractivity contribution in [1.82, 2.24) is 5.32 Å². The minimum absolute atomic E-state index is 0.0503. The predicted molar refractivity (Wildman–Crippen MR) is 88.5 cm³/mol. The molecule has 0 spiro atoms. The summed E-state index contributed by atoms with van der Waals surface area (Å²) in [7, 11) is 0. The standard InChI is InChI=1S/C18H18ClNO3/c19-14-3-1-2-12(8-14)17(22)18(23)20-15-6-4-11-5-7-16(21)10-13(11)9-15/h1-3,5,7-8,10,15,17,21-22H,4,6,9H2,(H,20,23)/t15-,17?/m0/s1. The highest BCUT2D eigenvalue weighted by Crippen LogP contribution is 2.25. The van der Waals surface area contributed by atoms with Gasteiger partial charge in [0.1, 0.15) is 5.75 Å². The van der Waals surface area contributed by atoms with Crippen molar-refractivity contribution in [3.63, 3.8) is 0 Å². The van der Waals surface area contributed by atoms with E-state index >= 15 is 0 Å². The Morgan fingerprint density at radius 3 is 2.83 bits per heavy atom. The summed E-state index contributed by atoms with van der Waals surface area (Å²) in [6.07, 6.45) is 1.07. The van der Waals surface area contributed by atoms with Crippen LogP contribution in [0.4, 0.5) is 0 Å². The molecule has 0 aromatic heterocycles. The second kappa shape index (κ2) is 6.60. The Hall–Kier alpha value is -2.04. The van der Waals surface area contributed by atoms with Crippen LogP contribution in [-0.4, -0.2) is 22.2 Å². The molecule has 4 nitrogen and oxygen atoms in total. The predicted octanol–water partition coefficient (Wildman–Crippen LogP) is 2.75. The van der Waals surface area contributed by atoms with Gasteiger partial charge in [-0.25, -0.2) is 0 Å². The molecule has 1 amide bonds. The fraction of sp³-hybridized carbons (Fsp3) is 0.278. The molecule has 2 aromatic carbocycles. The van der Waals surface area contributed by atoms with Gasteiger partial charge in [0.15, 0.2) is 6.10 Å². The van der Waals surface area contributed by atoms with Crippen LogP contribution < -0.4 is 5.32 Å². The number of aliphatic hydroxyl groups is 1. The van der Waals surface area contributed by atoms with Gasteiger partial charge in [-0.2, -0.15) is 0 Å². The van der Waals surface area contributed by atoms with Crippen molar-refractivity contribution in [3.8, 4) is 5.75 Å². The summed E-state index contributed by atoms with van der Waals surface area (Å²) in [6, 6.07) is 11.9. The van der Waals surface area contributed by atoms with E-state index in [2.05, 4.69) is 5.32 Å². The van der Waals surface area contributed by atoms with Crippen LogP contribution in [0.25, 0.3) is 0 Å². The molecule has 1 aliphatic rings. The maximum Gasteiger partial charge on any atom is 0.253 e. The van der Waals surface area contributed by atoms with Crippen LogP contribution in [0.5, 0.6) is 5.75 Å². The summed E-state index contributed by atoms with van der Waals surface area (Å²) in [5.74, 6) is -0.199. The van der Waals surface area contributed by atoms with Crippen LogP contribution in [0, 0.1) is 0 Å². The number of phenolic OH excluding ortho intramolecular Hbond substituents is 1. The number of aliphatic hydroxyl groups excluding tert-OH is 1. The average molecular weight is 332 g/mol. The zero-order valence-corrected chi connectivity index (χ0v) is 13.3. The lowest BCUT2D eigenvalue weighted by Gasteiger charge is -2.26. The molecule has 3 rings (SSSR count). The van der Waals surface area contributed by atoms with E-state index in [1.54, 1.807) is 36.4 Å². The maximum absolute atomic E-state index is 12.2. The van der Waals surface area contributed by atoms with E-state index in [0.717, 1.165) is 18.4 Å². The van der Waals surface area contributed by atoms with Crippen LogP contribution in [0.3, 0.4) is 0 Å². The number of amides is 1. The second-order valence-electron chi connectivity index (χ2n) is 5.86. The molecule has 0 radical (unpaired) electrons. The van der Waals surface area contributed by atoms with Crippen molar-refractivity contribution in [3.05, 3.63) is 64.2 Å². The van der Waals surface area contributed by atoms with Gasteiger partial charge in [-0.1, -0.05) is 29.8 Å². The molecule has 2 atom stereocenters. The summed E-state index contributed by atoms with van der Waals surface area (Å²) in [5, 5.41) is 23.1. The number of fused-ring (bicyclic) bond motifs is 1. The molecule has 120 valence electrons. The maximum atomic E-state index is 12.2. The molecule has 0 aliphatic heterocycles. The first-order valence-corrected chi connectivity index (χ1v) is 7.95. The Balaban J connectivity index is 1.67. The third-order valence-electron chi connectivity index (χ3n) is 4.18. The molecular formula is C18H18ClNO3. The van der Waals surface area contributed by atoms with Gasteiger partial charge >= 0.3 is 0 Å². The smallest absolute Gasteiger partial charge is 0.253 e. The Labute approximate surface area is 139 Å². The molecule has 23 heavy (non-hydrogen) atoms. The normalized spacial score (nSPS) is 18.1. The van der Waals surface area contributed by atoms with Crippen molar-refractivity contribution in [1.29, 1.82) is 0 Å². The van der Waals surface area contributed by atoms with E-state index in [-0.39, 0.29) is 11.8 Å². The summed E-state index contributed by atoms with van der Waals surface area (Å²) in [5.41, 5.74) is 2.71. The van der Waals surface area contributed by atoms with Gasteiger partial charge in [0.25, 0.3) is 5.91 Å². The van der Waals surface area contributed by atoms with Gasteiger partial charge in [-0.05, 0) is 60.2 Å². The van der Waals surface area contributed by atoms with Gasteiger partial charge in [-0.3, -0.25) is 4.79 Å². The molecular weight excluding hydrogens is 314 g/mol. The van der Waals surface area contributed by atoms with Crippen molar-refractivity contribution >= 4 is 17.5 Å². The van der Waals surface area contributed by atoms with E-state index in [1.165, 1.54) is 5.56 Å². The van der Waals surface area contributed by atoms with Crippen LogP contribution in [-0.2, 0) is 17.6 Å².